The van der Waals surface area contributed by atoms with Crippen LogP contribution >= 0.6 is 0 Å². The highest BCUT2D eigenvalue weighted by molar-refractivity contribution is 6.21. The third kappa shape index (κ3) is 3.57. The fourth-order valence-electron chi connectivity index (χ4n) is 6.69. The first kappa shape index (κ1) is 24.4. The van der Waals surface area contributed by atoms with Gasteiger partial charge in [-0.05, 0) is 78.7 Å². The first-order chi connectivity index (χ1) is 20.7. The number of fused-ring (bicyclic) bond motifs is 7. The molecule has 0 N–H and O–H groups in total. The van der Waals surface area contributed by atoms with Crippen molar-refractivity contribution < 1.29 is 4.42 Å². The third-order valence-electron chi connectivity index (χ3n) is 8.53. The number of furan rings is 1. The predicted octanol–water partition coefficient (Wildman–Crippen LogP) is 10.1. The summed E-state index contributed by atoms with van der Waals surface area (Å²) in [4.78, 5) is 0. The lowest BCUT2D eigenvalue weighted by Crippen LogP contribution is -2.28. The molecule has 1 aromatic heterocycles. The van der Waals surface area contributed by atoms with Crippen molar-refractivity contribution in [2.75, 3.05) is 0 Å². The third-order valence-corrected chi connectivity index (χ3v) is 8.53. The number of hydrogen-bond donors (Lipinski definition) is 0. The smallest absolute Gasteiger partial charge is 0.143 e. The molecule has 0 bridgehead atoms. The van der Waals surface area contributed by atoms with Gasteiger partial charge in [-0.3, -0.25) is 0 Å². The second kappa shape index (κ2) is 9.61. The van der Waals surface area contributed by atoms with Crippen molar-refractivity contribution >= 4 is 66.9 Å². The molecule has 0 radical (unpaired) electrons. The molecule has 0 atom stereocenters. The lowest BCUT2D eigenvalue weighted by molar-refractivity contribution is 0.673. The first-order valence-electron chi connectivity index (χ1n) is 14.4. The van der Waals surface area contributed by atoms with Crippen LogP contribution in [0.3, 0.4) is 0 Å². The van der Waals surface area contributed by atoms with E-state index in [-0.39, 0.29) is 0 Å². The number of allylic oxidation sites excluding steroid dienone is 2. The lowest BCUT2D eigenvalue weighted by Gasteiger charge is -2.17. The second-order valence-corrected chi connectivity index (χ2v) is 10.9. The zero-order chi connectivity index (χ0) is 28.2. The zero-order valence-corrected chi connectivity index (χ0v) is 23.4. The Labute approximate surface area is 244 Å². The van der Waals surface area contributed by atoms with Crippen LogP contribution in [0, 0.1) is 0 Å². The van der Waals surface area contributed by atoms with Gasteiger partial charge in [0.2, 0.25) is 0 Å². The van der Waals surface area contributed by atoms with Crippen LogP contribution in [0.1, 0.15) is 6.92 Å². The van der Waals surface area contributed by atoms with E-state index >= 15 is 0 Å². The Balaban J connectivity index is 1.56. The quantitative estimate of drug-likeness (QED) is 0.219. The molecule has 0 saturated carbocycles. The maximum absolute atomic E-state index is 6.59. The molecule has 0 amide bonds. The van der Waals surface area contributed by atoms with E-state index in [2.05, 4.69) is 146 Å². The molecule has 42 heavy (non-hydrogen) atoms. The molecule has 0 spiro atoms. The monoisotopic (exact) mass is 536 g/mol. The molecule has 0 unspecified atom stereocenters. The highest BCUT2D eigenvalue weighted by Crippen LogP contribution is 2.41. The predicted molar refractivity (Wildman–Crippen MR) is 181 cm³/mol. The number of rotatable bonds is 3. The van der Waals surface area contributed by atoms with Crippen LogP contribution in [-0.2, 0) is 0 Å². The van der Waals surface area contributed by atoms with Gasteiger partial charge < -0.3 is 4.42 Å². The molecule has 7 aromatic carbocycles. The fourth-order valence-corrected chi connectivity index (χ4v) is 6.69. The minimum absolute atomic E-state index is 0.892. The van der Waals surface area contributed by atoms with Gasteiger partial charge in [0.25, 0.3) is 0 Å². The summed E-state index contributed by atoms with van der Waals surface area (Å²) in [6.07, 6.45) is 6.42. The lowest BCUT2D eigenvalue weighted by atomic mass is 9.86. The van der Waals surface area contributed by atoms with Crippen molar-refractivity contribution in [1.29, 1.82) is 0 Å². The molecule has 8 rings (SSSR count). The molecular formula is C41H28O. The largest absolute Gasteiger partial charge is 0.455 e. The van der Waals surface area contributed by atoms with E-state index in [9.17, 15) is 0 Å². The van der Waals surface area contributed by atoms with E-state index in [1.807, 2.05) is 0 Å². The van der Waals surface area contributed by atoms with Gasteiger partial charge in [-0.25, -0.2) is 0 Å². The average molecular weight is 537 g/mol. The highest BCUT2D eigenvalue weighted by atomic mass is 16.3. The van der Waals surface area contributed by atoms with Crippen molar-refractivity contribution in [2.24, 2.45) is 0 Å². The Morgan fingerprint density at radius 1 is 0.548 bits per heavy atom. The van der Waals surface area contributed by atoms with E-state index in [1.54, 1.807) is 0 Å². The Morgan fingerprint density at radius 3 is 1.95 bits per heavy atom. The zero-order valence-electron chi connectivity index (χ0n) is 23.4. The van der Waals surface area contributed by atoms with Gasteiger partial charge in [-0.15, -0.1) is 0 Å². The highest BCUT2D eigenvalue weighted by Gasteiger charge is 2.19. The molecule has 198 valence electrons. The summed E-state index contributed by atoms with van der Waals surface area (Å²) >= 11 is 0. The van der Waals surface area contributed by atoms with Gasteiger partial charge in [0.15, 0.2) is 0 Å². The molecule has 0 aliphatic carbocycles. The van der Waals surface area contributed by atoms with Crippen molar-refractivity contribution in [3.8, 4) is 22.3 Å². The van der Waals surface area contributed by atoms with Crippen molar-refractivity contribution in [3.05, 3.63) is 144 Å². The summed E-state index contributed by atoms with van der Waals surface area (Å²) in [6.45, 7) is 6.83. The molecule has 0 fully saturated rings. The van der Waals surface area contributed by atoms with Crippen LogP contribution in [0.25, 0.3) is 89.2 Å². The Kier molecular flexibility index (Phi) is 5.58. The standard InChI is InChI=1S/C41H28O/c1-3-4-16-29-26(2)38(32-21-11-15-27-13-5-7-17-30(27)32)33-19-9-10-20-34(33)39(29)35-22-12-23-37-40(35)36-25-24-28-14-6-8-18-31(28)41(36)42-37/h3-25H,2H2,1H3/b4-3-,29-16+. The molecule has 1 nitrogen and oxygen atoms in total. The summed E-state index contributed by atoms with van der Waals surface area (Å²) in [5, 5.41) is 11.6. The van der Waals surface area contributed by atoms with Crippen LogP contribution < -0.4 is 10.4 Å². The van der Waals surface area contributed by atoms with E-state index in [0.717, 1.165) is 43.3 Å². The molecular weight excluding hydrogens is 508 g/mol. The van der Waals surface area contributed by atoms with Gasteiger partial charge in [0, 0.05) is 16.2 Å². The van der Waals surface area contributed by atoms with Gasteiger partial charge in [-0.1, -0.05) is 134 Å². The topological polar surface area (TPSA) is 13.1 Å². The molecule has 0 aliphatic rings. The van der Waals surface area contributed by atoms with Crippen LogP contribution in [0.15, 0.2) is 138 Å². The van der Waals surface area contributed by atoms with Gasteiger partial charge in [0.05, 0.1) is 0 Å². The van der Waals surface area contributed by atoms with Crippen LogP contribution in [-0.4, -0.2) is 0 Å². The maximum Gasteiger partial charge on any atom is 0.143 e. The molecule has 1 heteroatoms. The summed E-state index contributed by atoms with van der Waals surface area (Å²) in [7, 11) is 0. The minimum atomic E-state index is 0.892. The van der Waals surface area contributed by atoms with Gasteiger partial charge in [0.1, 0.15) is 11.2 Å². The molecule has 1 heterocycles. The van der Waals surface area contributed by atoms with E-state index < -0.39 is 0 Å². The van der Waals surface area contributed by atoms with Crippen molar-refractivity contribution in [3.63, 3.8) is 0 Å². The molecule has 0 aliphatic heterocycles. The normalized spacial score (nSPS) is 12.5. The summed E-state index contributed by atoms with van der Waals surface area (Å²) in [6, 6.07) is 43.2. The molecule has 0 saturated heterocycles. The number of benzene rings is 7. The summed E-state index contributed by atoms with van der Waals surface area (Å²) in [5.41, 5.74) is 6.54. The van der Waals surface area contributed by atoms with Crippen molar-refractivity contribution in [1.82, 2.24) is 0 Å². The SMILES string of the molecule is C=c1c(-c2cccc3ccccc23)c2ccccc2c(-c2cccc3oc4c5ccccc5ccc4c23)/c1=C/C=C\C. The summed E-state index contributed by atoms with van der Waals surface area (Å²) < 4.78 is 6.59. The van der Waals surface area contributed by atoms with E-state index in [0.29, 0.717) is 0 Å². The Morgan fingerprint density at radius 2 is 1.17 bits per heavy atom. The van der Waals surface area contributed by atoms with Crippen LogP contribution in [0.4, 0.5) is 0 Å². The Hall–Kier alpha value is -5.40. The van der Waals surface area contributed by atoms with Gasteiger partial charge >= 0.3 is 0 Å². The van der Waals surface area contributed by atoms with E-state index in [1.165, 1.54) is 43.6 Å². The Bertz CT molecular complexity index is 2490. The van der Waals surface area contributed by atoms with Crippen molar-refractivity contribution in [2.45, 2.75) is 6.92 Å². The van der Waals surface area contributed by atoms with Crippen LogP contribution in [0.2, 0.25) is 0 Å². The fraction of sp³-hybridized carbons (Fsp3) is 0.0244. The second-order valence-electron chi connectivity index (χ2n) is 10.9. The number of hydrogen-bond acceptors (Lipinski definition) is 1. The summed E-state index contributed by atoms with van der Waals surface area (Å²) in [5.74, 6) is 0. The van der Waals surface area contributed by atoms with Crippen LogP contribution in [0.5, 0.6) is 0 Å². The minimum Gasteiger partial charge on any atom is -0.455 e. The van der Waals surface area contributed by atoms with E-state index in [4.69, 9.17) is 11.0 Å². The van der Waals surface area contributed by atoms with Gasteiger partial charge in [-0.2, -0.15) is 0 Å². The first-order valence-corrected chi connectivity index (χ1v) is 14.4. The molecule has 8 aromatic rings. The maximum atomic E-state index is 6.59. The average Bonchev–Trinajstić information content (AvgIpc) is 3.43.